The number of hydrogen-bond acceptors (Lipinski definition) is 4. The fourth-order valence-corrected chi connectivity index (χ4v) is 4.07. The molecular formula is C21H16FN3O3S. The lowest BCUT2D eigenvalue weighted by Gasteiger charge is -2.24. The second kappa shape index (κ2) is 8.54. The minimum absolute atomic E-state index is 0.145. The summed E-state index contributed by atoms with van der Waals surface area (Å²) < 4.78 is 40.4. The Balaban J connectivity index is 1.94. The van der Waals surface area contributed by atoms with Crippen LogP contribution >= 0.6 is 0 Å². The molecule has 6 nitrogen and oxygen atoms in total. The molecule has 8 heteroatoms. The van der Waals surface area contributed by atoms with Crippen molar-refractivity contribution in [1.82, 2.24) is 0 Å². The number of nitrogens with zero attached hydrogens (tertiary/aromatic N) is 2. The average Bonchev–Trinajstić information content (AvgIpc) is 2.73. The van der Waals surface area contributed by atoms with Crippen molar-refractivity contribution in [3.05, 3.63) is 90.2 Å². The summed E-state index contributed by atoms with van der Waals surface area (Å²) in [7, 11) is -4.13. The van der Waals surface area contributed by atoms with Gasteiger partial charge in [0.1, 0.15) is 18.4 Å². The number of benzene rings is 3. The van der Waals surface area contributed by atoms with Crippen LogP contribution < -0.4 is 9.62 Å². The van der Waals surface area contributed by atoms with Crippen LogP contribution in [0.4, 0.5) is 15.8 Å². The fourth-order valence-electron chi connectivity index (χ4n) is 2.65. The summed E-state index contributed by atoms with van der Waals surface area (Å²) >= 11 is 0. The molecule has 0 bridgehead atoms. The van der Waals surface area contributed by atoms with Gasteiger partial charge >= 0.3 is 0 Å². The van der Waals surface area contributed by atoms with Crippen molar-refractivity contribution in [2.24, 2.45) is 0 Å². The Kier molecular flexibility index (Phi) is 5.90. The van der Waals surface area contributed by atoms with Gasteiger partial charge in [0, 0.05) is 0 Å². The third kappa shape index (κ3) is 4.59. The number of rotatable bonds is 6. The Labute approximate surface area is 167 Å². The maximum Gasteiger partial charge on any atom is 0.264 e. The number of carbonyl (C=O) groups excluding carboxylic acids is 1. The molecule has 0 aromatic heterocycles. The average molecular weight is 409 g/mol. The zero-order valence-corrected chi connectivity index (χ0v) is 15.9. The quantitative estimate of drug-likeness (QED) is 0.674. The molecule has 0 unspecified atom stereocenters. The Morgan fingerprint density at radius 3 is 2.24 bits per heavy atom. The summed E-state index contributed by atoms with van der Waals surface area (Å²) in [4.78, 5) is 12.5. The van der Waals surface area contributed by atoms with Crippen molar-refractivity contribution in [2.75, 3.05) is 16.2 Å². The molecule has 0 atom stereocenters. The van der Waals surface area contributed by atoms with Crippen LogP contribution in [0.2, 0.25) is 0 Å². The van der Waals surface area contributed by atoms with E-state index in [1.165, 1.54) is 0 Å². The predicted octanol–water partition coefficient (Wildman–Crippen LogP) is 3.53. The molecule has 0 saturated carbocycles. The van der Waals surface area contributed by atoms with Crippen molar-refractivity contribution < 1.29 is 17.6 Å². The van der Waals surface area contributed by atoms with Crippen LogP contribution in [0.15, 0.2) is 83.8 Å². The van der Waals surface area contributed by atoms with Crippen molar-refractivity contribution in [3.63, 3.8) is 0 Å². The van der Waals surface area contributed by atoms with Crippen LogP contribution in [-0.4, -0.2) is 20.9 Å². The summed E-state index contributed by atoms with van der Waals surface area (Å²) in [6, 6.07) is 20.8. The Bertz CT molecular complexity index is 1160. The zero-order valence-electron chi connectivity index (χ0n) is 15.1. The largest absolute Gasteiger partial charge is 0.323 e. The summed E-state index contributed by atoms with van der Waals surface area (Å²) in [6.07, 6.45) is 0. The van der Waals surface area contributed by atoms with Crippen LogP contribution in [-0.2, 0) is 14.8 Å². The molecule has 3 aromatic rings. The minimum atomic E-state index is -4.13. The van der Waals surface area contributed by atoms with E-state index >= 15 is 0 Å². The van der Waals surface area contributed by atoms with Crippen LogP contribution in [0.5, 0.6) is 0 Å². The number of sulfonamides is 1. The van der Waals surface area contributed by atoms with Crippen molar-refractivity contribution in [1.29, 1.82) is 5.26 Å². The molecular weight excluding hydrogens is 393 g/mol. The molecule has 0 aliphatic carbocycles. The van der Waals surface area contributed by atoms with E-state index in [4.69, 9.17) is 5.26 Å². The number of amides is 1. The lowest BCUT2D eigenvalue weighted by atomic mass is 10.2. The number of para-hydroxylation sites is 2. The molecule has 0 heterocycles. The van der Waals surface area contributed by atoms with Crippen LogP contribution in [0.25, 0.3) is 0 Å². The number of carbonyl (C=O) groups is 1. The Morgan fingerprint density at radius 1 is 0.966 bits per heavy atom. The van der Waals surface area contributed by atoms with Crippen LogP contribution in [0.1, 0.15) is 5.56 Å². The maximum absolute atomic E-state index is 13.2. The van der Waals surface area contributed by atoms with E-state index < -0.39 is 28.3 Å². The zero-order chi connectivity index (χ0) is 20.9. The summed E-state index contributed by atoms with van der Waals surface area (Å²) in [5, 5.41) is 11.7. The molecule has 0 saturated heterocycles. The van der Waals surface area contributed by atoms with E-state index in [2.05, 4.69) is 5.32 Å². The highest BCUT2D eigenvalue weighted by Crippen LogP contribution is 2.24. The smallest absolute Gasteiger partial charge is 0.264 e. The molecule has 0 spiro atoms. The van der Waals surface area contributed by atoms with E-state index in [0.29, 0.717) is 0 Å². The number of nitrogens with one attached hydrogen (secondary N) is 1. The van der Waals surface area contributed by atoms with Gasteiger partial charge in [-0.2, -0.15) is 5.26 Å². The summed E-state index contributed by atoms with van der Waals surface area (Å²) in [5.74, 6) is -1.19. The monoisotopic (exact) mass is 409 g/mol. The second-order valence-corrected chi connectivity index (χ2v) is 7.87. The van der Waals surface area contributed by atoms with Crippen molar-refractivity contribution >= 4 is 27.3 Å². The van der Waals surface area contributed by atoms with E-state index in [1.807, 2.05) is 6.07 Å². The van der Waals surface area contributed by atoms with Gasteiger partial charge in [0.2, 0.25) is 5.91 Å². The molecule has 0 aliphatic heterocycles. The first-order chi connectivity index (χ1) is 13.9. The molecule has 0 aliphatic rings. The minimum Gasteiger partial charge on any atom is -0.323 e. The molecule has 0 radical (unpaired) electrons. The fraction of sp³-hybridized carbons (Fsp3) is 0.0476. The highest BCUT2D eigenvalue weighted by atomic mass is 32.2. The lowest BCUT2D eigenvalue weighted by molar-refractivity contribution is -0.114. The standard InChI is InChI=1S/C21H16FN3O3S/c22-17-10-12-19(13-11-17)29(27,28)25(18-7-2-1-3-8-18)15-21(26)24-20-9-5-4-6-16(20)14-23/h1-13H,15H2,(H,24,26). The summed E-state index contributed by atoms with van der Waals surface area (Å²) in [5.41, 5.74) is 0.821. The van der Waals surface area contributed by atoms with E-state index in [0.717, 1.165) is 28.6 Å². The van der Waals surface area contributed by atoms with Gasteiger partial charge in [0.05, 0.1) is 21.8 Å². The molecule has 3 rings (SSSR count). The van der Waals surface area contributed by atoms with E-state index in [-0.39, 0.29) is 21.8 Å². The molecule has 1 N–H and O–H groups in total. The van der Waals surface area contributed by atoms with Gasteiger partial charge in [-0.05, 0) is 48.5 Å². The van der Waals surface area contributed by atoms with Gasteiger partial charge in [0.15, 0.2) is 0 Å². The maximum atomic E-state index is 13.2. The third-order valence-corrected chi connectivity index (χ3v) is 5.84. The molecule has 146 valence electrons. The van der Waals surface area contributed by atoms with Gasteiger partial charge in [-0.15, -0.1) is 0 Å². The first-order valence-electron chi connectivity index (χ1n) is 8.54. The topological polar surface area (TPSA) is 90.3 Å². The van der Waals surface area contributed by atoms with Gasteiger partial charge in [-0.1, -0.05) is 30.3 Å². The molecule has 3 aromatic carbocycles. The number of anilines is 2. The number of nitriles is 1. The number of halogens is 1. The van der Waals surface area contributed by atoms with Gasteiger partial charge in [-0.3, -0.25) is 9.10 Å². The third-order valence-electron chi connectivity index (χ3n) is 4.05. The second-order valence-electron chi connectivity index (χ2n) is 6.01. The van der Waals surface area contributed by atoms with Crippen molar-refractivity contribution in [2.45, 2.75) is 4.90 Å². The normalized spacial score (nSPS) is 10.8. The lowest BCUT2D eigenvalue weighted by Crippen LogP contribution is -2.38. The predicted molar refractivity (Wildman–Crippen MR) is 107 cm³/mol. The number of hydrogen-bond donors (Lipinski definition) is 1. The summed E-state index contributed by atoms with van der Waals surface area (Å²) in [6.45, 7) is -0.524. The first-order valence-corrected chi connectivity index (χ1v) is 9.98. The van der Waals surface area contributed by atoms with Crippen LogP contribution in [0.3, 0.4) is 0 Å². The molecule has 29 heavy (non-hydrogen) atoms. The van der Waals surface area contributed by atoms with Crippen LogP contribution in [0, 0.1) is 17.1 Å². The SMILES string of the molecule is N#Cc1ccccc1NC(=O)CN(c1ccccc1)S(=O)(=O)c1ccc(F)cc1. The Morgan fingerprint density at radius 2 is 1.59 bits per heavy atom. The van der Waals surface area contributed by atoms with Gasteiger partial charge < -0.3 is 5.32 Å². The van der Waals surface area contributed by atoms with E-state index in [9.17, 15) is 17.6 Å². The van der Waals surface area contributed by atoms with Gasteiger partial charge in [0.25, 0.3) is 10.0 Å². The molecule has 1 amide bonds. The molecule has 0 fully saturated rings. The first kappa shape index (κ1) is 20.0. The Hall–Kier alpha value is -3.70. The van der Waals surface area contributed by atoms with Crippen molar-refractivity contribution in [3.8, 4) is 6.07 Å². The highest BCUT2D eigenvalue weighted by molar-refractivity contribution is 7.92. The highest BCUT2D eigenvalue weighted by Gasteiger charge is 2.27. The van der Waals surface area contributed by atoms with Gasteiger partial charge in [-0.25, -0.2) is 12.8 Å². The van der Waals surface area contributed by atoms with E-state index in [1.54, 1.807) is 54.6 Å².